The van der Waals surface area contributed by atoms with Crippen molar-refractivity contribution in [3.05, 3.63) is 52.2 Å². The number of carbonyl (C=O) groups excluding carboxylic acids is 1. The summed E-state index contributed by atoms with van der Waals surface area (Å²) in [6, 6.07) is 5.42. The summed E-state index contributed by atoms with van der Waals surface area (Å²) in [4.78, 5) is 32.1. The lowest BCUT2D eigenvalue weighted by Gasteiger charge is -2.22. The van der Waals surface area contributed by atoms with Gasteiger partial charge < -0.3 is 9.88 Å². The van der Waals surface area contributed by atoms with Crippen molar-refractivity contribution in [2.45, 2.75) is 31.3 Å². The fourth-order valence-electron chi connectivity index (χ4n) is 3.53. The van der Waals surface area contributed by atoms with Crippen molar-refractivity contribution in [2.24, 2.45) is 5.92 Å². The average Bonchev–Trinajstić information content (AvgIpc) is 3.02. The Bertz CT molecular complexity index is 837. The molecule has 4 rings (SSSR count). The van der Waals surface area contributed by atoms with E-state index in [9.17, 15) is 19.3 Å². The van der Waals surface area contributed by atoms with Crippen molar-refractivity contribution < 1.29 is 14.1 Å². The van der Waals surface area contributed by atoms with E-state index in [1.165, 1.54) is 6.07 Å². The second kappa shape index (κ2) is 5.94. The van der Waals surface area contributed by atoms with E-state index in [4.69, 9.17) is 0 Å². The first-order valence-corrected chi connectivity index (χ1v) is 8.30. The zero-order valence-electron chi connectivity index (χ0n) is 13.4. The van der Waals surface area contributed by atoms with Crippen LogP contribution in [0.5, 0.6) is 0 Å². The monoisotopic (exact) mass is 344 g/mol. The number of imidazole rings is 1. The summed E-state index contributed by atoms with van der Waals surface area (Å²) in [5.74, 6) is -0.434. The highest BCUT2D eigenvalue weighted by atomic mass is 19.1. The fraction of sp³-hybridized carbons (Fsp3) is 0.412. The Morgan fingerprint density at radius 3 is 2.92 bits per heavy atom. The standard InChI is InChI=1S/C17H17FN4O3/c18-12-5-2-1-4-10(12)13-9-19-16(20-13)14-6-3-7-21(14)17(23)11-8-15(11)22(24)25/h1-2,4-5,9,11,14-15H,3,6-8H2,(H,19,20)/t11-,14-,15-/m1/s1. The molecule has 1 aliphatic heterocycles. The van der Waals surface area contributed by atoms with Gasteiger partial charge >= 0.3 is 0 Å². The molecule has 1 aromatic carbocycles. The average molecular weight is 344 g/mol. The summed E-state index contributed by atoms with van der Waals surface area (Å²) in [5.41, 5.74) is 0.981. The highest BCUT2D eigenvalue weighted by molar-refractivity contribution is 5.82. The van der Waals surface area contributed by atoms with E-state index in [0.29, 0.717) is 30.0 Å². The van der Waals surface area contributed by atoms with Gasteiger partial charge in [0.1, 0.15) is 17.6 Å². The van der Waals surface area contributed by atoms with Crippen LogP contribution < -0.4 is 0 Å². The van der Waals surface area contributed by atoms with Crippen molar-refractivity contribution in [2.75, 3.05) is 6.54 Å². The Hall–Kier alpha value is -2.77. The fourth-order valence-corrected chi connectivity index (χ4v) is 3.53. The zero-order valence-corrected chi connectivity index (χ0v) is 13.4. The molecule has 1 saturated heterocycles. The number of carbonyl (C=O) groups is 1. The number of H-pyrrole nitrogens is 1. The molecule has 25 heavy (non-hydrogen) atoms. The van der Waals surface area contributed by atoms with Gasteiger partial charge in [-0.2, -0.15) is 0 Å². The molecule has 2 heterocycles. The van der Waals surface area contributed by atoms with Gasteiger partial charge in [0.2, 0.25) is 11.9 Å². The molecule has 3 atom stereocenters. The van der Waals surface area contributed by atoms with E-state index in [-0.39, 0.29) is 22.7 Å². The highest BCUT2D eigenvalue weighted by Gasteiger charge is 2.55. The SMILES string of the molecule is O=C([C@@H]1C[C@H]1[N+](=O)[O-])N1CCC[C@@H]1c1ncc(-c2ccccc2F)[nH]1. The third-order valence-corrected chi connectivity index (χ3v) is 4.96. The molecular formula is C17H17FN4O3. The van der Waals surface area contributed by atoms with Crippen LogP contribution in [0.1, 0.15) is 31.1 Å². The maximum Gasteiger partial charge on any atom is 0.233 e. The molecule has 0 bridgehead atoms. The topological polar surface area (TPSA) is 92.1 Å². The van der Waals surface area contributed by atoms with Gasteiger partial charge in [-0.3, -0.25) is 14.9 Å². The number of rotatable bonds is 4. The molecule has 0 unspecified atom stereocenters. The van der Waals surface area contributed by atoms with Crippen LogP contribution >= 0.6 is 0 Å². The van der Waals surface area contributed by atoms with Gasteiger partial charge in [0.05, 0.1) is 17.9 Å². The van der Waals surface area contributed by atoms with E-state index in [1.807, 2.05) is 0 Å². The predicted molar refractivity (Wildman–Crippen MR) is 86.6 cm³/mol. The second-order valence-corrected chi connectivity index (χ2v) is 6.55. The minimum atomic E-state index is -0.751. The Kier molecular flexibility index (Phi) is 3.74. The van der Waals surface area contributed by atoms with Crippen LogP contribution in [-0.2, 0) is 4.79 Å². The lowest BCUT2D eigenvalue weighted by molar-refractivity contribution is -0.497. The van der Waals surface area contributed by atoms with E-state index >= 15 is 0 Å². The summed E-state index contributed by atoms with van der Waals surface area (Å²) >= 11 is 0. The molecule has 1 aliphatic carbocycles. The van der Waals surface area contributed by atoms with E-state index in [0.717, 1.165) is 12.8 Å². The summed E-state index contributed by atoms with van der Waals surface area (Å²) < 4.78 is 13.9. The summed E-state index contributed by atoms with van der Waals surface area (Å²) in [5, 5.41) is 10.8. The third kappa shape index (κ3) is 2.77. The highest BCUT2D eigenvalue weighted by Crippen LogP contribution is 2.40. The molecule has 0 radical (unpaired) electrons. The summed E-state index contributed by atoms with van der Waals surface area (Å²) in [6.07, 6.45) is 3.44. The Morgan fingerprint density at radius 2 is 2.20 bits per heavy atom. The van der Waals surface area contributed by atoms with Crippen molar-refractivity contribution in [3.63, 3.8) is 0 Å². The van der Waals surface area contributed by atoms with Crippen LogP contribution in [0.15, 0.2) is 30.5 Å². The lowest BCUT2D eigenvalue weighted by Crippen LogP contribution is -2.33. The number of likely N-dealkylation sites (tertiary alicyclic amines) is 1. The Morgan fingerprint density at radius 1 is 1.40 bits per heavy atom. The number of hydrogen-bond donors (Lipinski definition) is 1. The first kappa shape index (κ1) is 15.7. The van der Waals surface area contributed by atoms with E-state index in [2.05, 4.69) is 9.97 Å². The summed E-state index contributed by atoms with van der Waals surface area (Å²) in [7, 11) is 0. The van der Waals surface area contributed by atoms with Crippen molar-refractivity contribution in [1.29, 1.82) is 0 Å². The summed E-state index contributed by atoms with van der Waals surface area (Å²) in [6.45, 7) is 0.570. The van der Waals surface area contributed by atoms with Crippen molar-refractivity contribution in [1.82, 2.24) is 14.9 Å². The Balaban J connectivity index is 1.55. The minimum Gasteiger partial charge on any atom is -0.340 e. The van der Waals surface area contributed by atoms with Gasteiger partial charge in [-0.05, 0) is 25.0 Å². The lowest BCUT2D eigenvalue weighted by atomic mass is 10.1. The van der Waals surface area contributed by atoms with E-state index < -0.39 is 12.0 Å². The smallest absolute Gasteiger partial charge is 0.233 e. The molecular weight excluding hydrogens is 327 g/mol. The van der Waals surface area contributed by atoms with Gasteiger partial charge in [-0.25, -0.2) is 9.37 Å². The molecule has 2 fully saturated rings. The van der Waals surface area contributed by atoms with Crippen molar-refractivity contribution in [3.8, 4) is 11.3 Å². The largest absolute Gasteiger partial charge is 0.340 e. The molecule has 2 aliphatic rings. The number of hydrogen-bond acceptors (Lipinski definition) is 4. The van der Waals surface area contributed by atoms with Crippen LogP contribution in [0.2, 0.25) is 0 Å². The van der Waals surface area contributed by atoms with Gasteiger partial charge in [-0.15, -0.1) is 0 Å². The molecule has 8 heteroatoms. The number of nitro groups is 1. The maximum atomic E-state index is 13.9. The first-order valence-electron chi connectivity index (χ1n) is 8.30. The molecule has 1 amide bonds. The maximum absolute atomic E-state index is 13.9. The molecule has 2 aromatic rings. The number of aromatic nitrogens is 2. The molecule has 1 aromatic heterocycles. The van der Waals surface area contributed by atoms with Gasteiger partial charge in [0, 0.05) is 23.5 Å². The van der Waals surface area contributed by atoms with Crippen LogP contribution in [0.25, 0.3) is 11.3 Å². The first-order chi connectivity index (χ1) is 12.1. The van der Waals surface area contributed by atoms with Crippen molar-refractivity contribution >= 4 is 5.91 Å². The van der Waals surface area contributed by atoms with Gasteiger partial charge in [0.15, 0.2) is 0 Å². The Labute approximate surface area is 143 Å². The number of nitrogens with zero attached hydrogens (tertiary/aromatic N) is 3. The second-order valence-electron chi connectivity index (χ2n) is 6.55. The van der Waals surface area contributed by atoms with Gasteiger partial charge in [0.25, 0.3) is 0 Å². The number of halogens is 1. The quantitative estimate of drug-likeness (QED) is 0.681. The number of aromatic amines is 1. The predicted octanol–water partition coefficient (Wildman–Crippen LogP) is 2.54. The van der Waals surface area contributed by atoms with Crippen LogP contribution in [0.3, 0.4) is 0 Å². The van der Waals surface area contributed by atoms with Crippen LogP contribution in [-0.4, -0.2) is 38.3 Å². The number of nitrogens with one attached hydrogen (secondary N) is 1. The third-order valence-electron chi connectivity index (χ3n) is 4.96. The zero-order chi connectivity index (χ0) is 17.6. The molecule has 1 N–H and O–H groups in total. The number of amides is 1. The molecule has 1 saturated carbocycles. The van der Waals surface area contributed by atoms with Gasteiger partial charge in [-0.1, -0.05) is 12.1 Å². The normalized spacial score (nSPS) is 25.2. The molecule has 7 nitrogen and oxygen atoms in total. The minimum absolute atomic E-state index is 0.173. The number of benzene rings is 1. The van der Waals surface area contributed by atoms with Crippen LogP contribution in [0, 0.1) is 21.8 Å². The van der Waals surface area contributed by atoms with Crippen LogP contribution in [0.4, 0.5) is 4.39 Å². The molecule has 130 valence electrons. The van der Waals surface area contributed by atoms with E-state index in [1.54, 1.807) is 29.3 Å². The molecule has 0 spiro atoms.